The number of likely N-dealkylation sites (tertiary alicyclic amines) is 1. The molecule has 3 rings (SSSR count). The first kappa shape index (κ1) is 32.6. The number of benzene rings is 2. The molecule has 0 radical (unpaired) electrons. The number of nitrogens with zero attached hydrogens (tertiary/aromatic N) is 1. The standard InChI is InChI=1S/C29H29BF10N/c1-15(2)9-13-30(16-18(31)22(35)26(39)23(36)19(16)32,17-20(33)24(37)27(40)25(38)21(17)34)12-8-14-41-28(3,4)10-7-11-29(41,5)6/h1,7-8,10-12,14H2,2-6H3/q-1. The molecule has 224 valence electrons. The van der Waals surface area contributed by atoms with Gasteiger partial charge in [0.1, 0.15) is 29.4 Å². The molecule has 0 N–H and O–H groups in total. The maximum absolute atomic E-state index is 15.4. The van der Waals surface area contributed by atoms with Gasteiger partial charge in [-0.1, -0.05) is 13.0 Å². The predicted molar refractivity (Wildman–Crippen MR) is 138 cm³/mol. The molecule has 2 aromatic rings. The molecule has 1 fully saturated rings. The summed E-state index contributed by atoms with van der Waals surface area (Å²) in [5.41, 5.74) is -4.44. The third-order valence-corrected chi connectivity index (χ3v) is 8.06. The molecular weight excluding hydrogens is 563 g/mol. The number of piperidine rings is 1. The van der Waals surface area contributed by atoms with Gasteiger partial charge in [-0.05, 0) is 66.0 Å². The molecule has 1 saturated heterocycles. The quantitative estimate of drug-likeness (QED) is 0.113. The summed E-state index contributed by atoms with van der Waals surface area (Å²) in [6.07, 6.45) is -2.86. The fourth-order valence-electron chi connectivity index (χ4n) is 6.21. The summed E-state index contributed by atoms with van der Waals surface area (Å²) in [5, 5.41) is 0. The highest BCUT2D eigenvalue weighted by Crippen LogP contribution is 2.38. The largest absolute Gasteiger partial charge is 0.298 e. The first-order valence-corrected chi connectivity index (χ1v) is 13.0. The molecular formula is C29H29BF10N-. The van der Waals surface area contributed by atoms with E-state index in [1.807, 2.05) is 32.6 Å². The molecule has 0 amide bonds. The van der Waals surface area contributed by atoms with E-state index in [1.165, 1.54) is 6.92 Å². The van der Waals surface area contributed by atoms with Gasteiger partial charge < -0.3 is 0 Å². The van der Waals surface area contributed by atoms with Crippen molar-refractivity contribution in [3.63, 3.8) is 0 Å². The van der Waals surface area contributed by atoms with Crippen LogP contribution in [0.25, 0.3) is 0 Å². The lowest BCUT2D eigenvalue weighted by Crippen LogP contribution is -2.64. The van der Waals surface area contributed by atoms with Crippen molar-refractivity contribution in [3.8, 4) is 11.7 Å². The lowest BCUT2D eigenvalue weighted by Gasteiger charge is -2.53. The fourth-order valence-corrected chi connectivity index (χ4v) is 6.21. The monoisotopic (exact) mass is 592 g/mol. The van der Waals surface area contributed by atoms with E-state index in [1.54, 1.807) is 0 Å². The van der Waals surface area contributed by atoms with Crippen LogP contribution in [0.3, 0.4) is 0 Å². The van der Waals surface area contributed by atoms with Crippen LogP contribution in [-0.4, -0.2) is 28.7 Å². The Morgan fingerprint density at radius 2 is 1.02 bits per heavy atom. The first-order chi connectivity index (χ1) is 18.8. The summed E-state index contributed by atoms with van der Waals surface area (Å²) >= 11 is 0. The lowest BCUT2D eigenvalue weighted by molar-refractivity contribution is -0.0263. The highest BCUT2D eigenvalue weighted by molar-refractivity contribution is 7.08. The zero-order chi connectivity index (χ0) is 31.2. The van der Waals surface area contributed by atoms with Crippen molar-refractivity contribution in [2.45, 2.75) is 77.7 Å². The van der Waals surface area contributed by atoms with Gasteiger partial charge in [0.15, 0.2) is 34.9 Å². The van der Waals surface area contributed by atoms with Crippen molar-refractivity contribution in [3.05, 3.63) is 70.3 Å². The minimum atomic E-state index is -4.19. The zero-order valence-electron chi connectivity index (χ0n) is 23.3. The van der Waals surface area contributed by atoms with Crippen molar-refractivity contribution in [2.24, 2.45) is 0 Å². The third-order valence-electron chi connectivity index (χ3n) is 8.06. The van der Waals surface area contributed by atoms with Crippen LogP contribution in [0.15, 0.2) is 12.2 Å². The number of hydrogen-bond donors (Lipinski definition) is 0. The zero-order valence-corrected chi connectivity index (χ0v) is 23.3. The summed E-state index contributed by atoms with van der Waals surface area (Å²) in [7, 11) is 0. The SMILES string of the molecule is C=C(C)C#C[B-](CCCN1C(C)(C)CCCC1(C)C)(c1c(F)c(F)c(F)c(F)c1F)c1c(F)c(F)c(F)c(F)c1F. The highest BCUT2D eigenvalue weighted by Gasteiger charge is 2.44. The second-order valence-corrected chi connectivity index (χ2v) is 11.8. The Kier molecular flexibility index (Phi) is 9.05. The van der Waals surface area contributed by atoms with Crippen molar-refractivity contribution >= 4 is 17.1 Å². The molecule has 41 heavy (non-hydrogen) atoms. The van der Waals surface area contributed by atoms with Gasteiger partial charge in [-0.3, -0.25) is 10.7 Å². The molecule has 12 heteroatoms. The topological polar surface area (TPSA) is 3.24 Å². The fraction of sp³-hybridized carbons (Fsp3) is 0.448. The Morgan fingerprint density at radius 1 is 0.683 bits per heavy atom. The van der Waals surface area contributed by atoms with Crippen LogP contribution in [0.5, 0.6) is 0 Å². The predicted octanol–water partition coefficient (Wildman–Crippen LogP) is 7.19. The van der Waals surface area contributed by atoms with Crippen molar-refractivity contribution in [2.75, 3.05) is 6.54 Å². The van der Waals surface area contributed by atoms with Crippen LogP contribution < -0.4 is 10.9 Å². The first-order valence-electron chi connectivity index (χ1n) is 13.0. The van der Waals surface area contributed by atoms with Crippen LogP contribution in [0.2, 0.25) is 6.32 Å². The minimum Gasteiger partial charge on any atom is -0.298 e. The van der Waals surface area contributed by atoms with E-state index in [0.717, 1.165) is 19.3 Å². The molecule has 2 aromatic carbocycles. The van der Waals surface area contributed by atoms with E-state index in [2.05, 4.69) is 18.3 Å². The van der Waals surface area contributed by atoms with Gasteiger partial charge in [-0.2, -0.15) is 6.32 Å². The molecule has 0 spiro atoms. The van der Waals surface area contributed by atoms with Gasteiger partial charge in [0.2, 0.25) is 0 Å². The maximum atomic E-state index is 15.4. The van der Waals surface area contributed by atoms with Crippen molar-refractivity contribution in [1.82, 2.24) is 4.90 Å². The summed E-state index contributed by atoms with van der Waals surface area (Å²) in [5.74, 6) is -20.5. The Balaban J connectivity index is 2.41. The van der Waals surface area contributed by atoms with Crippen LogP contribution in [0.1, 0.15) is 60.3 Å². The van der Waals surface area contributed by atoms with E-state index < -0.39 is 92.6 Å². The molecule has 0 atom stereocenters. The number of hydrogen-bond acceptors (Lipinski definition) is 1. The Labute approximate surface area is 232 Å². The molecule has 0 bridgehead atoms. The van der Waals surface area contributed by atoms with Gasteiger partial charge in [0, 0.05) is 11.1 Å². The molecule has 1 nitrogen and oxygen atoms in total. The third kappa shape index (κ3) is 5.62. The molecule has 1 heterocycles. The Bertz CT molecular complexity index is 1310. The second kappa shape index (κ2) is 11.4. The molecule has 1 aliphatic heterocycles. The van der Waals surface area contributed by atoms with E-state index >= 15 is 17.6 Å². The van der Waals surface area contributed by atoms with Gasteiger partial charge in [-0.15, -0.1) is 16.8 Å². The number of rotatable bonds is 6. The van der Waals surface area contributed by atoms with Gasteiger partial charge in [0.05, 0.1) is 0 Å². The van der Waals surface area contributed by atoms with E-state index in [-0.39, 0.29) is 18.5 Å². The van der Waals surface area contributed by atoms with E-state index in [9.17, 15) is 26.3 Å². The average Bonchev–Trinajstić information content (AvgIpc) is 2.88. The van der Waals surface area contributed by atoms with Crippen LogP contribution in [0.4, 0.5) is 43.9 Å². The lowest BCUT2D eigenvalue weighted by atomic mass is 9.17. The van der Waals surface area contributed by atoms with E-state index in [4.69, 9.17) is 0 Å². The van der Waals surface area contributed by atoms with Gasteiger partial charge in [0.25, 0.3) is 0 Å². The van der Waals surface area contributed by atoms with Gasteiger partial charge in [-0.25, -0.2) is 43.9 Å². The summed E-state index contributed by atoms with van der Waals surface area (Å²) in [6.45, 7) is 12.5. The van der Waals surface area contributed by atoms with Crippen LogP contribution in [-0.2, 0) is 0 Å². The van der Waals surface area contributed by atoms with Crippen molar-refractivity contribution in [1.29, 1.82) is 0 Å². The van der Waals surface area contributed by atoms with Gasteiger partial charge >= 0.3 is 0 Å². The Morgan fingerprint density at radius 3 is 1.37 bits per heavy atom. The molecule has 0 aliphatic carbocycles. The summed E-state index contributed by atoms with van der Waals surface area (Å²) < 4.78 is 147. The average molecular weight is 592 g/mol. The minimum absolute atomic E-state index is 0.0673. The van der Waals surface area contributed by atoms with Crippen LogP contribution in [0, 0.1) is 69.9 Å². The number of halogens is 10. The van der Waals surface area contributed by atoms with Crippen molar-refractivity contribution < 1.29 is 43.9 Å². The molecule has 0 saturated carbocycles. The highest BCUT2D eigenvalue weighted by atomic mass is 19.2. The maximum Gasteiger partial charge on any atom is 0.200 e. The number of allylic oxidation sites excluding steroid dienone is 1. The molecule has 0 unspecified atom stereocenters. The second-order valence-electron chi connectivity index (χ2n) is 11.8. The summed E-state index contributed by atoms with van der Waals surface area (Å²) in [6, 6.07) is 0. The Hall–Kier alpha value is -2.94. The summed E-state index contributed by atoms with van der Waals surface area (Å²) in [4.78, 5) is 2.02. The van der Waals surface area contributed by atoms with Crippen LogP contribution >= 0.6 is 0 Å². The molecule has 0 aromatic heterocycles. The van der Waals surface area contributed by atoms with E-state index in [0.29, 0.717) is 0 Å². The molecule has 1 aliphatic rings. The normalized spacial score (nSPS) is 16.9. The smallest absolute Gasteiger partial charge is 0.200 e.